The smallest absolute Gasteiger partial charge is 0.150 e. The number of aldehydes is 1. The lowest BCUT2D eigenvalue weighted by Gasteiger charge is -1.99. The van der Waals surface area contributed by atoms with Crippen molar-refractivity contribution < 1.29 is 9.32 Å². The maximum Gasteiger partial charge on any atom is 0.150 e. The molecule has 1 aromatic heterocycles. The molecule has 0 radical (unpaired) electrons. The van der Waals surface area contributed by atoms with Crippen molar-refractivity contribution in [1.82, 2.24) is 5.16 Å². The van der Waals surface area contributed by atoms with Crippen LogP contribution in [0.2, 0.25) is 0 Å². The first kappa shape index (κ1) is 9.90. The van der Waals surface area contributed by atoms with Crippen LogP contribution in [0.1, 0.15) is 30.0 Å². The molecule has 0 saturated carbocycles. The molecule has 2 aromatic rings. The van der Waals surface area contributed by atoms with Gasteiger partial charge in [0.2, 0.25) is 0 Å². The molecule has 1 heterocycles. The van der Waals surface area contributed by atoms with Crippen molar-refractivity contribution in [2.45, 2.75) is 20.3 Å². The lowest BCUT2D eigenvalue weighted by molar-refractivity contribution is 0.112. The van der Waals surface area contributed by atoms with E-state index in [0.717, 1.165) is 29.4 Å². The largest absolute Gasteiger partial charge is 0.360 e. The molecule has 15 heavy (non-hydrogen) atoms. The van der Waals surface area contributed by atoms with Crippen molar-refractivity contribution in [2.24, 2.45) is 5.92 Å². The molecule has 3 nitrogen and oxygen atoms in total. The van der Waals surface area contributed by atoms with Gasteiger partial charge in [-0.25, -0.2) is 0 Å². The number of hydrogen-bond donors (Lipinski definition) is 0. The molecular formula is C12H13NO2. The summed E-state index contributed by atoms with van der Waals surface area (Å²) in [5, 5.41) is 4.91. The van der Waals surface area contributed by atoms with E-state index in [0.29, 0.717) is 11.5 Å². The minimum Gasteiger partial charge on any atom is -0.360 e. The monoisotopic (exact) mass is 203 g/mol. The molecule has 2 rings (SSSR count). The Balaban J connectivity index is 2.51. The van der Waals surface area contributed by atoms with E-state index in [9.17, 15) is 4.79 Å². The Hall–Kier alpha value is -1.64. The minimum absolute atomic E-state index is 0.515. The SMILES string of the molecule is CC(C)Cc1onc2ccc(C=O)cc12. The summed E-state index contributed by atoms with van der Waals surface area (Å²) in [7, 11) is 0. The van der Waals surface area contributed by atoms with E-state index in [-0.39, 0.29) is 0 Å². The van der Waals surface area contributed by atoms with Crippen LogP contribution in [0, 0.1) is 5.92 Å². The van der Waals surface area contributed by atoms with Gasteiger partial charge in [0.25, 0.3) is 0 Å². The van der Waals surface area contributed by atoms with E-state index in [4.69, 9.17) is 4.52 Å². The Morgan fingerprint density at radius 2 is 2.27 bits per heavy atom. The van der Waals surface area contributed by atoms with Gasteiger partial charge in [0.05, 0.1) is 0 Å². The zero-order valence-electron chi connectivity index (χ0n) is 8.86. The molecule has 0 N–H and O–H groups in total. The van der Waals surface area contributed by atoms with Gasteiger partial charge in [0.1, 0.15) is 17.6 Å². The van der Waals surface area contributed by atoms with Crippen LogP contribution in [-0.4, -0.2) is 11.4 Å². The van der Waals surface area contributed by atoms with Gasteiger partial charge in [0, 0.05) is 17.4 Å². The van der Waals surface area contributed by atoms with E-state index >= 15 is 0 Å². The molecule has 0 aliphatic heterocycles. The molecule has 0 fully saturated rings. The minimum atomic E-state index is 0.515. The van der Waals surface area contributed by atoms with Gasteiger partial charge in [-0.15, -0.1) is 0 Å². The Morgan fingerprint density at radius 1 is 1.47 bits per heavy atom. The van der Waals surface area contributed by atoms with Crippen molar-refractivity contribution in [3.63, 3.8) is 0 Å². The maximum absolute atomic E-state index is 10.7. The summed E-state index contributed by atoms with van der Waals surface area (Å²) in [6, 6.07) is 5.39. The molecule has 0 saturated heterocycles. The third-order valence-corrected chi connectivity index (χ3v) is 2.30. The Morgan fingerprint density at radius 3 is 2.93 bits per heavy atom. The molecule has 0 aliphatic carbocycles. The second-order valence-electron chi connectivity index (χ2n) is 4.10. The van der Waals surface area contributed by atoms with Gasteiger partial charge in [0.15, 0.2) is 0 Å². The third-order valence-electron chi connectivity index (χ3n) is 2.30. The highest BCUT2D eigenvalue weighted by Crippen LogP contribution is 2.21. The predicted octanol–water partition coefficient (Wildman–Crippen LogP) is 2.84. The van der Waals surface area contributed by atoms with Gasteiger partial charge < -0.3 is 4.52 Å². The highest BCUT2D eigenvalue weighted by atomic mass is 16.5. The summed E-state index contributed by atoms with van der Waals surface area (Å²) in [6.45, 7) is 4.25. The van der Waals surface area contributed by atoms with Crippen molar-refractivity contribution in [2.75, 3.05) is 0 Å². The standard InChI is InChI=1S/C12H13NO2/c1-8(2)5-12-10-6-9(7-14)3-4-11(10)13-15-12/h3-4,6-8H,5H2,1-2H3. The third kappa shape index (κ3) is 1.91. The molecule has 78 valence electrons. The summed E-state index contributed by atoms with van der Waals surface area (Å²) >= 11 is 0. The number of rotatable bonds is 3. The molecule has 0 aliphatic rings. The van der Waals surface area contributed by atoms with E-state index in [1.165, 1.54) is 0 Å². The number of aromatic nitrogens is 1. The number of benzene rings is 1. The first-order valence-corrected chi connectivity index (χ1v) is 5.04. The molecule has 1 aromatic carbocycles. The van der Waals surface area contributed by atoms with Crippen molar-refractivity contribution in [1.29, 1.82) is 0 Å². The van der Waals surface area contributed by atoms with Crippen LogP contribution in [-0.2, 0) is 6.42 Å². The van der Waals surface area contributed by atoms with Gasteiger partial charge in [-0.2, -0.15) is 0 Å². The average Bonchev–Trinajstić information content (AvgIpc) is 2.60. The van der Waals surface area contributed by atoms with Gasteiger partial charge in [-0.1, -0.05) is 19.0 Å². The Kier molecular flexibility index (Phi) is 2.54. The van der Waals surface area contributed by atoms with Gasteiger partial charge >= 0.3 is 0 Å². The molecule has 0 bridgehead atoms. The zero-order chi connectivity index (χ0) is 10.8. The summed E-state index contributed by atoms with van der Waals surface area (Å²) in [4.78, 5) is 10.7. The van der Waals surface area contributed by atoms with Crippen LogP contribution >= 0.6 is 0 Å². The fourth-order valence-electron chi connectivity index (χ4n) is 1.60. The number of nitrogens with zero attached hydrogens (tertiary/aromatic N) is 1. The van der Waals surface area contributed by atoms with Crippen LogP contribution in [0.25, 0.3) is 10.9 Å². The molecule has 3 heteroatoms. The summed E-state index contributed by atoms with van der Waals surface area (Å²) in [5.41, 5.74) is 1.48. The van der Waals surface area contributed by atoms with Crippen molar-refractivity contribution in [3.8, 4) is 0 Å². The molecule has 0 amide bonds. The highest BCUT2D eigenvalue weighted by molar-refractivity contribution is 5.87. The van der Waals surface area contributed by atoms with Gasteiger partial charge in [-0.3, -0.25) is 4.79 Å². The zero-order valence-corrected chi connectivity index (χ0v) is 8.86. The topological polar surface area (TPSA) is 43.1 Å². The summed E-state index contributed by atoms with van der Waals surface area (Å²) < 4.78 is 5.26. The number of carbonyl (C=O) groups is 1. The van der Waals surface area contributed by atoms with Crippen LogP contribution in [0.3, 0.4) is 0 Å². The quantitative estimate of drug-likeness (QED) is 0.720. The van der Waals surface area contributed by atoms with Gasteiger partial charge in [-0.05, 0) is 24.1 Å². The summed E-state index contributed by atoms with van der Waals surface area (Å²) in [6.07, 6.45) is 1.68. The van der Waals surface area contributed by atoms with E-state index in [1.54, 1.807) is 6.07 Å². The van der Waals surface area contributed by atoms with Crippen LogP contribution in [0.5, 0.6) is 0 Å². The molecule has 0 spiro atoms. The lowest BCUT2D eigenvalue weighted by atomic mass is 10.0. The van der Waals surface area contributed by atoms with E-state index in [2.05, 4.69) is 19.0 Å². The molecular weight excluding hydrogens is 190 g/mol. The van der Waals surface area contributed by atoms with E-state index < -0.39 is 0 Å². The number of carbonyl (C=O) groups excluding carboxylic acids is 1. The lowest BCUT2D eigenvalue weighted by Crippen LogP contribution is -1.92. The first-order chi connectivity index (χ1) is 7.20. The van der Waals surface area contributed by atoms with Crippen molar-refractivity contribution in [3.05, 3.63) is 29.5 Å². The van der Waals surface area contributed by atoms with Crippen molar-refractivity contribution >= 4 is 17.2 Å². The maximum atomic E-state index is 10.7. The molecule has 0 atom stereocenters. The fourth-order valence-corrected chi connectivity index (χ4v) is 1.60. The Labute approximate surface area is 88.1 Å². The molecule has 0 unspecified atom stereocenters. The van der Waals surface area contributed by atoms with E-state index in [1.807, 2.05) is 12.1 Å². The second kappa shape index (κ2) is 3.85. The second-order valence-corrected chi connectivity index (χ2v) is 4.10. The predicted molar refractivity (Wildman–Crippen MR) is 57.9 cm³/mol. The van der Waals surface area contributed by atoms with Crippen LogP contribution in [0.15, 0.2) is 22.7 Å². The van der Waals surface area contributed by atoms with Crippen LogP contribution < -0.4 is 0 Å². The number of hydrogen-bond acceptors (Lipinski definition) is 3. The first-order valence-electron chi connectivity index (χ1n) is 5.04. The van der Waals surface area contributed by atoms with Crippen LogP contribution in [0.4, 0.5) is 0 Å². The highest BCUT2D eigenvalue weighted by Gasteiger charge is 2.10. The normalized spacial score (nSPS) is 11.1. The Bertz CT molecular complexity index is 485. The number of fused-ring (bicyclic) bond motifs is 1. The average molecular weight is 203 g/mol. The summed E-state index contributed by atoms with van der Waals surface area (Å²) in [5.74, 6) is 1.38. The fraction of sp³-hybridized carbons (Fsp3) is 0.333.